The molecule has 1 saturated heterocycles. The summed E-state index contributed by atoms with van der Waals surface area (Å²) in [6.07, 6.45) is 3.87. The lowest BCUT2D eigenvalue weighted by atomic mass is 9.89. The second-order valence-corrected chi connectivity index (χ2v) is 5.79. The topological polar surface area (TPSA) is 82.5 Å². The van der Waals surface area contributed by atoms with Crippen LogP contribution >= 0.6 is 11.3 Å². The fraction of sp³-hybridized carbons (Fsp3) is 0.583. The third kappa shape index (κ3) is 2.86. The zero-order valence-electron chi connectivity index (χ0n) is 10.8. The van der Waals surface area contributed by atoms with Crippen LogP contribution in [-0.4, -0.2) is 39.1 Å². The Kier molecular flexibility index (Phi) is 4.04. The van der Waals surface area contributed by atoms with Crippen LogP contribution in [0.2, 0.25) is 0 Å². The third-order valence-electron chi connectivity index (χ3n) is 3.49. The van der Waals surface area contributed by atoms with Gasteiger partial charge in [0.05, 0.1) is 12.1 Å². The number of urea groups is 1. The van der Waals surface area contributed by atoms with Gasteiger partial charge in [-0.05, 0) is 26.2 Å². The van der Waals surface area contributed by atoms with E-state index in [0.717, 1.165) is 17.7 Å². The second kappa shape index (κ2) is 5.56. The SMILES string of the molecule is CC1(C(=O)O)CCCCN1C(=O)NCc1cncs1. The predicted octanol–water partition coefficient (Wildman–Crippen LogP) is 1.68. The Morgan fingerprint density at radius 2 is 2.37 bits per heavy atom. The molecule has 1 fully saturated rings. The summed E-state index contributed by atoms with van der Waals surface area (Å²) in [6.45, 7) is 2.48. The van der Waals surface area contributed by atoms with E-state index >= 15 is 0 Å². The predicted molar refractivity (Wildman–Crippen MR) is 70.9 cm³/mol. The molecule has 1 aliphatic rings. The fourth-order valence-electron chi connectivity index (χ4n) is 2.26. The van der Waals surface area contributed by atoms with E-state index in [0.29, 0.717) is 19.5 Å². The summed E-state index contributed by atoms with van der Waals surface area (Å²) >= 11 is 1.46. The number of hydrogen-bond acceptors (Lipinski definition) is 4. The number of aromatic nitrogens is 1. The molecule has 2 N–H and O–H groups in total. The van der Waals surface area contributed by atoms with Crippen molar-refractivity contribution in [2.24, 2.45) is 0 Å². The highest BCUT2D eigenvalue weighted by molar-refractivity contribution is 7.09. The molecule has 2 amide bonds. The number of likely N-dealkylation sites (tertiary alicyclic amines) is 1. The molecule has 1 atom stereocenters. The van der Waals surface area contributed by atoms with Gasteiger partial charge in [-0.3, -0.25) is 4.98 Å². The van der Waals surface area contributed by atoms with Gasteiger partial charge >= 0.3 is 12.0 Å². The van der Waals surface area contributed by atoms with Crippen molar-refractivity contribution < 1.29 is 14.7 Å². The standard InChI is InChI=1S/C12H17N3O3S/c1-12(10(16)17)4-2-3-5-15(12)11(18)14-7-9-6-13-8-19-9/h6,8H,2-5,7H2,1H3,(H,14,18)(H,16,17). The summed E-state index contributed by atoms with van der Waals surface area (Å²) in [7, 11) is 0. The first-order valence-electron chi connectivity index (χ1n) is 6.20. The number of carboxylic acids is 1. The van der Waals surface area contributed by atoms with Gasteiger partial charge in [0.25, 0.3) is 0 Å². The molecule has 0 radical (unpaired) electrons. The molecule has 1 aromatic rings. The molecule has 1 aliphatic heterocycles. The molecule has 0 saturated carbocycles. The normalized spacial score (nSPS) is 23.1. The molecule has 7 heteroatoms. The summed E-state index contributed by atoms with van der Waals surface area (Å²) < 4.78 is 0. The highest BCUT2D eigenvalue weighted by Gasteiger charge is 2.43. The number of thiazole rings is 1. The molecule has 0 spiro atoms. The van der Waals surface area contributed by atoms with Crippen molar-refractivity contribution in [2.75, 3.05) is 6.54 Å². The third-order valence-corrected chi connectivity index (χ3v) is 4.27. The van der Waals surface area contributed by atoms with Crippen LogP contribution in [0.4, 0.5) is 4.79 Å². The van der Waals surface area contributed by atoms with Crippen LogP contribution in [0.15, 0.2) is 11.7 Å². The van der Waals surface area contributed by atoms with E-state index in [2.05, 4.69) is 10.3 Å². The quantitative estimate of drug-likeness (QED) is 0.884. The first-order chi connectivity index (χ1) is 9.04. The number of carbonyl (C=O) groups excluding carboxylic acids is 1. The Morgan fingerprint density at radius 3 is 3.00 bits per heavy atom. The van der Waals surface area contributed by atoms with E-state index in [4.69, 9.17) is 0 Å². The molecular weight excluding hydrogens is 266 g/mol. The summed E-state index contributed by atoms with van der Waals surface area (Å²) in [6, 6.07) is -0.321. The molecule has 104 valence electrons. The maximum atomic E-state index is 12.1. The number of carbonyl (C=O) groups is 2. The van der Waals surface area contributed by atoms with Crippen molar-refractivity contribution in [3.63, 3.8) is 0 Å². The van der Waals surface area contributed by atoms with Gasteiger partial charge in [-0.25, -0.2) is 9.59 Å². The summed E-state index contributed by atoms with van der Waals surface area (Å²) in [4.78, 5) is 29.8. The largest absolute Gasteiger partial charge is 0.480 e. The van der Waals surface area contributed by atoms with Gasteiger partial charge < -0.3 is 15.3 Å². The van der Waals surface area contributed by atoms with Crippen molar-refractivity contribution in [1.29, 1.82) is 0 Å². The van der Waals surface area contributed by atoms with Crippen LogP contribution in [0.1, 0.15) is 31.1 Å². The molecule has 0 aromatic carbocycles. The van der Waals surface area contributed by atoms with Crippen LogP contribution in [-0.2, 0) is 11.3 Å². The maximum Gasteiger partial charge on any atom is 0.329 e. The molecule has 0 bridgehead atoms. The van der Waals surface area contributed by atoms with E-state index in [9.17, 15) is 14.7 Å². The number of rotatable bonds is 3. The minimum atomic E-state index is -1.10. The fourth-order valence-corrected chi connectivity index (χ4v) is 2.79. The first-order valence-corrected chi connectivity index (χ1v) is 7.08. The zero-order chi connectivity index (χ0) is 13.9. The molecule has 2 heterocycles. The highest BCUT2D eigenvalue weighted by atomic mass is 32.1. The van der Waals surface area contributed by atoms with Crippen molar-refractivity contribution in [3.05, 3.63) is 16.6 Å². The number of aliphatic carboxylic acids is 1. The van der Waals surface area contributed by atoms with Crippen molar-refractivity contribution in [1.82, 2.24) is 15.2 Å². The number of nitrogens with one attached hydrogen (secondary N) is 1. The van der Waals surface area contributed by atoms with Crippen molar-refractivity contribution in [2.45, 2.75) is 38.3 Å². The molecular formula is C12H17N3O3S. The first kappa shape index (κ1) is 13.8. The Bertz CT molecular complexity index is 463. The summed E-state index contributed by atoms with van der Waals surface area (Å²) in [5.74, 6) is -0.944. The molecule has 1 unspecified atom stereocenters. The highest BCUT2D eigenvalue weighted by Crippen LogP contribution is 2.28. The van der Waals surface area contributed by atoms with Gasteiger partial charge in [-0.15, -0.1) is 11.3 Å². The Labute approximate surface area is 115 Å². The molecule has 19 heavy (non-hydrogen) atoms. The van der Waals surface area contributed by atoms with Gasteiger partial charge in [-0.2, -0.15) is 0 Å². The summed E-state index contributed by atoms with van der Waals surface area (Å²) in [5.41, 5.74) is 0.597. The van der Waals surface area contributed by atoms with E-state index < -0.39 is 11.5 Å². The minimum absolute atomic E-state index is 0.321. The Balaban J connectivity index is 2.01. The average molecular weight is 283 g/mol. The van der Waals surface area contributed by atoms with Gasteiger partial charge in [0.1, 0.15) is 5.54 Å². The number of piperidine rings is 1. The average Bonchev–Trinajstić information content (AvgIpc) is 2.89. The maximum absolute atomic E-state index is 12.1. The van der Waals surface area contributed by atoms with E-state index in [1.54, 1.807) is 18.6 Å². The number of carboxylic acid groups (broad SMARTS) is 1. The molecule has 0 aliphatic carbocycles. The Hall–Kier alpha value is -1.63. The lowest BCUT2D eigenvalue weighted by molar-refractivity contribution is -0.150. The van der Waals surface area contributed by atoms with Crippen LogP contribution < -0.4 is 5.32 Å². The molecule has 1 aromatic heterocycles. The van der Waals surface area contributed by atoms with Gasteiger partial charge in [0, 0.05) is 17.6 Å². The second-order valence-electron chi connectivity index (χ2n) is 4.81. The van der Waals surface area contributed by atoms with E-state index in [1.807, 2.05) is 0 Å². The lowest BCUT2D eigenvalue weighted by Gasteiger charge is -2.41. The van der Waals surface area contributed by atoms with Gasteiger partial charge in [-0.1, -0.05) is 0 Å². The number of hydrogen-bond donors (Lipinski definition) is 2. The van der Waals surface area contributed by atoms with Gasteiger partial charge in [0.15, 0.2) is 0 Å². The molecule has 2 rings (SSSR count). The minimum Gasteiger partial charge on any atom is -0.480 e. The zero-order valence-corrected chi connectivity index (χ0v) is 11.6. The van der Waals surface area contributed by atoms with Crippen LogP contribution in [0.25, 0.3) is 0 Å². The molecule has 6 nitrogen and oxygen atoms in total. The summed E-state index contributed by atoms with van der Waals surface area (Å²) in [5, 5.41) is 12.1. The van der Waals surface area contributed by atoms with E-state index in [-0.39, 0.29) is 6.03 Å². The number of amides is 2. The number of nitrogens with zero attached hydrogens (tertiary/aromatic N) is 2. The van der Waals surface area contributed by atoms with Crippen LogP contribution in [0, 0.1) is 0 Å². The Morgan fingerprint density at radius 1 is 1.58 bits per heavy atom. The van der Waals surface area contributed by atoms with Crippen LogP contribution in [0.3, 0.4) is 0 Å². The van der Waals surface area contributed by atoms with Crippen molar-refractivity contribution >= 4 is 23.3 Å². The lowest BCUT2D eigenvalue weighted by Crippen LogP contribution is -2.59. The van der Waals surface area contributed by atoms with E-state index in [1.165, 1.54) is 16.2 Å². The smallest absolute Gasteiger partial charge is 0.329 e. The van der Waals surface area contributed by atoms with Gasteiger partial charge in [0.2, 0.25) is 0 Å². The van der Waals surface area contributed by atoms with Crippen molar-refractivity contribution in [3.8, 4) is 0 Å². The monoisotopic (exact) mass is 283 g/mol. The van der Waals surface area contributed by atoms with Crippen LogP contribution in [0.5, 0.6) is 0 Å².